The van der Waals surface area contributed by atoms with E-state index in [1.165, 1.54) is 23.2 Å². The molecular formula is C10H10N2O2S. The molecule has 15 heavy (non-hydrogen) atoms. The average molecular weight is 222 g/mol. The maximum absolute atomic E-state index is 11.0. The van der Waals surface area contributed by atoms with E-state index in [2.05, 4.69) is 4.98 Å². The quantitative estimate of drug-likeness (QED) is 0.731. The standard InChI is InChI=1S/C10H10N2O2S/c1-7(13)12(2)15-10-11-8-5-3-4-6-9(8)14-10/h3-6H,1-2H3. The van der Waals surface area contributed by atoms with Gasteiger partial charge < -0.3 is 4.42 Å². The molecule has 1 aromatic carbocycles. The molecule has 78 valence electrons. The lowest BCUT2D eigenvalue weighted by Crippen LogP contribution is -2.14. The molecule has 0 aliphatic carbocycles. The summed E-state index contributed by atoms with van der Waals surface area (Å²) in [4.78, 5) is 15.2. The molecule has 2 rings (SSSR count). The van der Waals surface area contributed by atoms with Gasteiger partial charge >= 0.3 is 0 Å². The van der Waals surface area contributed by atoms with Crippen LogP contribution in [0, 0.1) is 0 Å². The maximum Gasteiger partial charge on any atom is 0.278 e. The fourth-order valence-electron chi connectivity index (χ4n) is 1.07. The highest BCUT2D eigenvalue weighted by molar-refractivity contribution is 7.97. The second-order valence-electron chi connectivity index (χ2n) is 3.06. The van der Waals surface area contributed by atoms with Gasteiger partial charge in [0.25, 0.3) is 5.22 Å². The van der Waals surface area contributed by atoms with Crippen LogP contribution in [0.4, 0.5) is 0 Å². The van der Waals surface area contributed by atoms with E-state index in [1.807, 2.05) is 24.3 Å². The fraction of sp³-hybridized carbons (Fsp3) is 0.200. The molecule has 0 bridgehead atoms. The van der Waals surface area contributed by atoms with Crippen molar-refractivity contribution in [2.75, 3.05) is 7.05 Å². The first-order chi connectivity index (χ1) is 7.16. The molecule has 2 aromatic rings. The lowest BCUT2D eigenvalue weighted by Gasteiger charge is -2.08. The summed E-state index contributed by atoms with van der Waals surface area (Å²) < 4.78 is 6.92. The lowest BCUT2D eigenvalue weighted by atomic mass is 10.3. The zero-order valence-electron chi connectivity index (χ0n) is 8.43. The van der Waals surface area contributed by atoms with Gasteiger partial charge in [0, 0.05) is 14.0 Å². The minimum absolute atomic E-state index is 0.0396. The van der Waals surface area contributed by atoms with Crippen molar-refractivity contribution in [1.29, 1.82) is 0 Å². The Bertz CT molecular complexity index is 462. The molecule has 0 atom stereocenters. The van der Waals surface area contributed by atoms with Crippen LogP contribution in [0.3, 0.4) is 0 Å². The van der Waals surface area contributed by atoms with Gasteiger partial charge in [0.15, 0.2) is 5.58 Å². The highest BCUT2D eigenvalue weighted by Gasteiger charge is 2.10. The number of aromatic nitrogens is 1. The van der Waals surface area contributed by atoms with Gasteiger partial charge in [0.1, 0.15) is 5.52 Å². The van der Waals surface area contributed by atoms with E-state index >= 15 is 0 Å². The van der Waals surface area contributed by atoms with Crippen LogP contribution in [0.1, 0.15) is 6.92 Å². The molecule has 1 aromatic heterocycles. The summed E-state index contributed by atoms with van der Waals surface area (Å²) in [6.45, 7) is 1.50. The van der Waals surface area contributed by atoms with Crippen LogP contribution in [0.2, 0.25) is 0 Å². The summed E-state index contributed by atoms with van der Waals surface area (Å²) in [5.74, 6) is -0.0396. The number of nitrogens with zero attached hydrogens (tertiary/aromatic N) is 2. The molecule has 0 N–H and O–H groups in total. The maximum atomic E-state index is 11.0. The highest BCUT2D eigenvalue weighted by Crippen LogP contribution is 2.24. The fourth-order valence-corrected chi connectivity index (χ4v) is 1.70. The van der Waals surface area contributed by atoms with Gasteiger partial charge in [-0.2, -0.15) is 0 Å². The van der Waals surface area contributed by atoms with Crippen molar-refractivity contribution in [2.45, 2.75) is 12.1 Å². The van der Waals surface area contributed by atoms with E-state index < -0.39 is 0 Å². The van der Waals surface area contributed by atoms with Gasteiger partial charge in [0.2, 0.25) is 5.91 Å². The minimum atomic E-state index is -0.0396. The summed E-state index contributed by atoms with van der Waals surface area (Å²) >= 11 is 1.18. The van der Waals surface area contributed by atoms with Crippen molar-refractivity contribution in [2.24, 2.45) is 0 Å². The van der Waals surface area contributed by atoms with Crippen molar-refractivity contribution in [1.82, 2.24) is 9.29 Å². The van der Waals surface area contributed by atoms with Gasteiger partial charge in [-0.15, -0.1) is 0 Å². The molecule has 0 unspecified atom stereocenters. The summed E-state index contributed by atoms with van der Waals surface area (Å²) in [5, 5.41) is 0.480. The summed E-state index contributed by atoms with van der Waals surface area (Å²) in [6, 6.07) is 7.50. The van der Waals surface area contributed by atoms with Crippen LogP contribution in [0.5, 0.6) is 0 Å². The summed E-state index contributed by atoms with van der Waals surface area (Å²) in [6.07, 6.45) is 0. The smallest absolute Gasteiger partial charge is 0.278 e. The number of para-hydroxylation sites is 2. The largest absolute Gasteiger partial charge is 0.430 e. The molecule has 5 heteroatoms. The number of rotatable bonds is 2. The zero-order valence-corrected chi connectivity index (χ0v) is 9.25. The summed E-state index contributed by atoms with van der Waals surface area (Å²) in [7, 11) is 1.68. The van der Waals surface area contributed by atoms with Gasteiger partial charge in [-0.3, -0.25) is 9.10 Å². The molecule has 1 heterocycles. The second-order valence-corrected chi connectivity index (χ2v) is 4.13. The Labute approximate surface area is 91.4 Å². The van der Waals surface area contributed by atoms with E-state index in [0.717, 1.165) is 11.1 Å². The predicted octanol–water partition coefficient (Wildman–Crippen LogP) is 2.31. The van der Waals surface area contributed by atoms with E-state index in [0.29, 0.717) is 5.22 Å². The van der Waals surface area contributed by atoms with E-state index in [1.54, 1.807) is 7.05 Å². The number of hydrogen-bond donors (Lipinski definition) is 0. The van der Waals surface area contributed by atoms with E-state index in [4.69, 9.17) is 4.42 Å². The molecular weight excluding hydrogens is 212 g/mol. The molecule has 0 saturated heterocycles. The number of carbonyl (C=O) groups is 1. The number of amides is 1. The highest BCUT2D eigenvalue weighted by atomic mass is 32.2. The number of hydrogen-bond acceptors (Lipinski definition) is 4. The third kappa shape index (κ3) is 2.12. The van der Waals surface area contributed by atoms with Crippen LogP contribution in [0.25, 0.3) is 11.1 Å². The lowest BCUT2D eigenvalue weighted by molar-refractivity contribution is -0.123. The van der Waals surface area contributed by atoms with Crippen LogP contribution in [-0.4, -0.2) is 22.2 Å². The number of benzene rings is 1. The molecule has 0 spiro atoms. The van der Waals surface area contributed by atoms with E-state index in [-0.39, 0.29) is 5.91 Å². The molecule has 4 nitrogen and oxygen atoms in total. The molecule has 0 radical (unpaired) electrons. The average Bonchev–Trinajstić information content (AvgIpc) is 2.59. The third-order valence-electron chi connectivity index (χ3n) is 1.93. The Hall–Kier alpha value is -1.49. The van der Waals surface area contributed by atoms with Crippen LogP contribution >= 0.6 is 11.9 Å². The number of carbonyl (C=O) groups excluding carboxylic acids is 1. The van der Waals surface area contributed by atoms with Gasteiger partial charge in [-0.05, 0) is 12.1 Å². The zero-order chi connectivity index (χ0) is 10.8. The first-order valence-corrected chi connectivity index (χ1v) is 5.22. The molecule has 0 aliphatic rings. The second kappa shape index (κ2) is 3.94. The molecule has 0 fully saturated rings. The van der Waals surface area contributed by atoms with Crippen molar-refractivity contribution in [3.8, 4) is 0 Å². The minimum Gasteiger partial charge on any atom is -0.430 e. The molecule has 0 saturated carbocycles. The topological polar surface area (TPSA) is 46.3 Å². The SMILES string of the molecule is CC(=O)N(C)Sc1nc2ccccc2o1. The van der Waals surface area contributed by atoms with Crippen LogP contribution < -0.4 is 0 Å². The van der Waals surface area contributed by atoms with Crippen LogP contribution in [-0.2, 0) is 4.79 Å². The Morgan fingerprint density at radius 3 is 2.87 bits per heavy atom. The summed E-state index contributed by atoms with van der Waals surface area (Å²) in [5.41, 5.74) is 1.54. The van der Waals surface area contributed by atoms with Crippen molar-refractivity contribution in [3.05, 3.63) is 24.3 Å². The monoisotopic (exact) mass is 222 g/mol. The Kier molecular flexibility index (Phi) is 2.64. The van der Waals surface area contributed by atoms with Crippen molar-refractivity contribution >= 4 is 29.0 Å². The van der Waals surface area contributed by atoms with Crippen LogP contribution in [0.15, 0.2) is 33.9 Å². The van der Waals surface area contributed by atoms with Gasteiger partial charge in [-0.25, -0.2) is 4.98 Å². The van der Waals surface area contributed by atoms with E-state index in [9.17, 15) is 4.79 Å². The predicted molar refractivity (Wildman–Crippen MR) is 58.3 cm³/mol. The first-order valence-electron chi connectivity index (χ1n) is 4.44. The number of oxazole rings is 1. The third-order valence-corrected chi connectivity index (χ3v) is 2.79. The Balaban J connectivity index is 2.26. The first kappa shape index (κ1) is 10.0. The van der Waals surface area contributed by atoms with Crippen molar-refractivity contribution < 1.29 is 9.21 Å². The van der Waals surface area contributed by atoms with Gasteiger partial charge in [0.05, 0.1) is 11.9 Å². The number of fused-ring (bicyclic) bond motifs is 1. The molecule has 1 amide bonds. The van der Waals surface area contributed by atoms with Gasteiger partial charge in [-0.1, -0.05) is 12.1 Å². The van der Waals surface area contributed by atoms with Crippen molar-refractivity contribution in [3.63, 3.8) is 0 Å². The normalized spacial score (nSPS) is 10.5. The Morgan fingerprint density at radius 2 is 2.20 bits per heavy atom. The Morgan fingerprint density at radius 1 is 1.47 bits per heavy atom. The molecule has 0 aliphatic heterocycles.